The minimum atomic E-state index is -0.572. The van der Waals surface area contributed by atoms with Gasteiger partial charge in [0.25, 0.3) is 11.8 Å². The molecule has 0 radical (unpaired) electrons. The maximum Gasteiger partial charge on any atom is 0.269 e. The lowest BCUT2D eigenvalue weighted by Crippen LogP contribution is -2.34. The summed E-state index contributed by atoms with van der Waals surface area (Å²) >= 11 is 0. The smallest absolute Gasteiger partial charge is 0.269 e. The average Bonchev–Trinajstić information content (AvgIpc) is 3.61. The Hall–Kier alpha value is -4.19. The highest BCUT2D eigenvalue weighted by Gasteiger charge is 2.43. The quantitative estimate of drug-likeness (QED) is 0.239. The summed E-state index contributed by atoms with van der Waals surface area (Å²) in [7, 11) is 1.95. The third-order valence-electron chi connectivity index (χ3n) is 6.86. The number of fused-ring (bicyclic) bond motifs is 10. The monoisotopic (exact) mass is 449 g/mol. The summed E-state index contributed by atoms with van der Waals surface area (Å²) in [4.78, 5) is 42.9. The summed E-state index contributed by atoms with van der Waals surface area (Å²) in [6.45, 7) is 1.24. The molecule has 0 bridgehead atoms. The predicted molar refractivity (Wildman–Crippen MR) is 134 cm³/mol. The Morgan fingerprint density at radius 3 is 2.12 bits per heavy atom. The summed E-state index contributed by atoms with van der Waals surface area (Å²) in [5, 5.41) is 3.14. The molecular weight excluding hydrogens is 426 g/mol. The highest BCUT2D eigenvalue weighted by molar-refractivity contribution is 6.41. The van der Waals surface area contributed by atoms with E-state index in [1.807, 2.05) is 60.1 Å². The molecule has 1 aliphatic heterocycles. The molecule has 3 amide bonds. The SMILES string of the molecule is C1=CCCC1.CC(=O)N1C(=O)c2c(c3c4ccccc4n(C)c3c3[nH]c4ccccc4c23)C1=O. The number of nitrogens with zero attached hydrogens (tertiary/aromatic N) is 2. The number of imide groups is 3. The number of allylic oxidation sites excluding steroid dienone is 2. The molecule has 6 nitrogen and oxygen atoms in total. The van der Waals surface area contributed by atoms with Crippen molar-refractivity contribution in [2.24, 2.45) is 7.05 Å². The minimum Gasteiger partial charge on any atom is -0.353 e. The van der Waals surface area contributed by atoms with Gasteiger partial charge in [-0.1, -0.05) is 48.6 Å². The van der Waals surface area contributed by atoms with Gasteiger partial charge in [-0.25, -0.2) is 4.90 Å². The van der Waals surface area contributed by atoms with E-state index in [-0.39, 0.29) is 0 Å². The molecule has 168 valence electrons. The zero-order chi connectivity index (χ0) is 23.6. The largest absolute Gasteiger partial charge is 0.353 e. The van der Waals surface area contributed by atoms with Crippen LogP contribution in [-0.2, 0) is 11.8 Å². The average molecular weight is 450 g/mol. The van der Waals surface area contributed by atoms with Gasteiger partial charge in [-0.3, -0.25) is 14.4 Å². The molecule has 0 saturated carbocycles. The van der Waals surface area contributed by atoms with Gasteiger partial charge in [-0.15, -0.1) is 0 Å². The van der Waals surface area contributed by atoms with Crippen LogP contribution in [0, 0.1) is 0 Å². The van der Waals surface area contributed by atoms with Crippen LogP contribution >= 0.6 is 0 Å². The van der Waals surface area contributed by atoms with E-state index in [1.54, 1.807) is 0 Å². The van der Waals surface area contributed by atoms with Crippen molar-refractivity contribution >= 4 is 61.3 Å². The number of aromatic nitrogens is 2. The number of carbonyl (C=O) groups excluding carboxylic acids is 3. The maximum atomic E-state index is 13.3. The zero-order valence-electron chi connectivity index (χ0n) is 19.0. The van der Waals surface area contributed by atoms with E-state index in [2.05, 4.69) is 17.1 Å². The Balaban J connectivity index is 0.000000388. The van der Waals surface area contributed by atoms with Gasteiger partial charge < -0.3 is 9.55 Å². The highest BCUT2D eigenvalue weighted by Crippen LogP contribution is 2.44. The highest BCUT2D eigenvalue weighted by atomic mass is 16.2. The number of rotatable bonds is 0. The number of amides is 3. The van der Waals surface area contributed by atoms with Crippen molar-refractivity contribution in [1.29, 1.82) is 0 Å². The molecule has 1 N–H and O–H groups in total. The van der Waals surface area contributed by atoms with Crippen LogP contribution in [0.1, 0.15) is 46.9 Å². The molecule has 0 spiro atoms. The van der Waals surface area contributed by atoms with Gasteiger partial charge in [-0.05, 0) is 31.4 Å². The minimum absolute atomic E-state index is 0.307. The fraction of sp³-hybridized carbons (Fsp3) is 0.179. The number of aromatic amines is 1. The Bertz CT molecular complexity index is 1710. The second-order valence-corrected chi connectivity index (χ2v) is 8.84. The van der Waals surface area contributed by atoms with E-state index in [1.165, 1.54) is 26.2 Å². The van der Waals surface area contributed by atoms with Gasteiger partial charge in [0, 0.05) is 46.5 Å². The van der Waals surface area contributed by atoms with Gasteiger partial charge in [0.15, 0.2) is 0 Å². The Morgan fingerprint density at radius 1 is 0.853 bits per heavy atom. The molecule has 2 aliphatic rings. The second kappa shape index (κ2) is 7.42. The first kappa shape index (κ1) is 20.4. The molecule has 0 fully saturated rings. The molecule has 2 aromatic heterocycles. The first-order valence-corrected chi connectivity index (χ1v) is 11.5. The molecule has 3 aromatic carbocycles. The molecule has 7 rings (SSSR count). The van der Waals surface area contributed by atoms with Crippen molar-refractivity contribution in [1.82, 2.24) is 14.5 Å². The van der Waals surface area contributed by atoms with Crippen molar-refractivity contribution in [3.8, 4) is 0 Å². The standard InChI is InChI=1S/C23H15N3O3.C5H8/c1-11(27)26-22(28)18-16-12-7-3-5-9-14(12)24-20(16)21-17(19(18)23(26)29)13-8-4-6-10-15(13)25(21)2;1-2-4-5-3-1/h3-10,24H,1-2H3;1-2H,3-5H2. The summed E-state index contributed by atoms with van der Waals surface area (Å²) in [6.07, 6.45) is 8.50. The molecule has 3 heterocycles. The van der Waals surface area contributed by atoms with Crippen molar-refractivity contribution in [3.05, 3.63) is 71.8 Å². The second-order valence-electron chi connectivity index (χ2n) is 8.84. The van der Waals surface area contributed by atoms with Crippen molar-refractivity contribution in [2.45, 2.75) is 26.2 Å². The van der Waals surface area contributed by atoms with Gasteiger partial charge >= 0.3 is 0 Å². The summed E-state index contributed by atoms with van der Waals surface area (Å²) in [5.41, 5.74) is 4.10. The number of aryl methyl sites for hydroxylation is 1. The molecule has 0 atom stereocenters. The van der Waals surface area contributed by atoms with E-state index in [4.69, 9.17) is 0 Å². The summed E-state index contributed by atoms with van der Waals surface area (Å²) in [6, 6.07) is 15.5. The number of benzene rings is 3. The van der Waals surface area contributed by atoms with Crippen LogP contribution in [0.15, 0.2) is 60.7 Å². The third-order valence-corrected chi connectivity index (χ3v) is 6.86. The maximum absolute atomic E-state index is 13.3. The fourth-order valence-corrected chi connectivity index (χ4v) is 5.39. The van der Waals surface area contributed by atoms with Crippen LogP contribution in [0.5, 0.6) is 0 Å². The Kier molecular flexibility index (Phi) is 4.45. The number of para-hydroxylation sites is 2. The number of hydrogen-bond donors (Lipinski definition) is 1. The molecule has 6 heteroatoms. The van der Waals surface area contributed by atoms with Gasteiger partial charge in [0.05, 0.1) is 22.2 Å². The van der Waals surface area contributed by atoms with Gasteiger partial charge in [-0.2, -0.15) is 0 Å². The number of carbonyl (C=O) groups is 3. The predicted octanol–water partition coefficient (Wildman–Crippen LogP) is 5.84. The van der Waals surface area contributed by atoms with E-state index < -0.39 is 17.7 Å². The first-order chi connectivity index (χ1) is 16.5. The fourth-order valence-electron chi connectivity index (χ4n) is 5.39. The number of hydrogen-bond acceptors (Lipinski definition) is 3. The Morgan fingerprint density at radius 2 is 1.47 bits per heavy atom. The summed E-state index contributed by atoms with van der Waals surface area (Å²) in [5.74, 6) is -1.68. The van der Waals surface area contributed by atoms with Crippen LogP contribution in [-0.4, -0.2) is 32.2 Å². The van der Waals surface area contributed by atoms with Crippen molar-refractivity contribution in [2.75, 3.05) is 0 Å². The molecular formula is C28H23N3O3. The number of nitrogens with one attached hydrogen (secondary N) is 1. The van der Waals surface area contributed by atoms with E-state index in [0.717, 1.165) is 37.7 Å². The zero-order valence-corrected chi connectivity index (χ0v) is 19.0. The van der Waals surface area contributed by atoms with Crippen LogP contribution in [0.25, 0.3) is 43.6 Å². The van der Waals surface area contributed by atoms with Gasteiger partial charge in [0.1, 0.15) is 0 Å². The van der Waals surface area contributed by atoms with Crippen LogP contribution in [0.2, 0.25) is 0 Å². The van der Waals surface area contributed by atoms with Crippen LogP contribution in [0.4, 0.5) is 0 Å². The summed E-state index contributed by atoms with van der Waals surface area (Å²) < 4.78 is 2.04. The lowest BCUT2D eigenvalue weighted by atomic mass is 9.97. The molecule has 34 heavy (non-hydrogen) atoms. The van der Waals surface area contributed by atoms with E-state index >= 15 is 0 Å². The lowest BCUT2D eigenvalue weighted by Gasteiger charge is -2.07. The molecule has 5 aromatic rings. The third kappa shape index (κ3) is 2.65. The van der Waals surface area contributed by atoms with Crippen LogP contribution < -0.4 is 0 Å². The first-order valence-electron chi connectivity index (χ1n) is 11.5. The normalized spacial score (nSPS) is 15.1. The number of H-pyrrole nitrogens is 1. The van der Waals surface area contributed by atoms with E-state index in [0.29, 0.717) is 21.9 Å². The van der Waals surface area contributed by atoms with Gasteiger partial charge in [0.2, 0.25) is 5.91 Å². The van der Waals surface area contributed by atoms with Crippen LogP contribution in [0.3, 0.4) is 0 Å². The topological polar surface area (TPSA) is 75.2 Å². The Labute approximate surface area is 195 Å². The molecule has 0 unspecified atom stereocenters. The lowest BCUT2D eigenvalue weighted by molar-refractivity contribution is -0.124. The van der Waals surface area contributed by atoms with E-state index in [9.17, 15) is 14.4 Å². The van der Waals surface area contributed by atoms with Crippen molar-refractivity contribution < 1.29 is 14.4 Å². The van der Waals surface area contributed by atoms with Crippen molar-refractivity contribution in [3.63, 3.8) is 0 Å². The molecule has 0 saturated heterocycles. The molecule has 1 aliphatic carbocycles.